The normalized spacial score (nSPS) is 10.6. The van der Waals surface area contributed by atoms with Crippen molar-refractivity contribution in [3.05, 3.63) is 54.6 Å². The summed E-state index contributed by atoms with van der Waals surface area (Å²) in [5.74, 6) is 0.981. The molecule has 1 N–H and O–H groups in total. The van der Waals surface area contributed by atoms with E-state index in [1.165, 1.54) is 0 Å². The van der Waals surface area contributed by atoms with Gasteiger partial charge in [-0.05, 0) is 23.3 Å². The topological polar surface area (TPSA) is 29.5 Å². The Labute approximate surface area is 122 Å². The summed E-state index contributed by atoms with van der Waals surface area (Å²) in [5, 5.41) is 9.65. The highest BCUT2D eigenvalue weighted by atomic mass is 28.3. The number of phenols is 1. The van der Waals surface area contributed by atoms with E-state index < -0.39 is 8.80 Å². The molecular formula is C17H20O2Si. The second kappa shape index (κ2) is 6.44. The number of hydrogen-bond donors (Lipinski definition) is 1. The second-order valence-electron chi connectivity index (χ2n) is 5.21. The van der Waals surface area contributed by atoms with Crippen LogP contribution in [-0.2, 0) is 0 Å². The van der Waals surface area contributed by atoms with Gasteiger partial charge in [-0.25, -0.2) is 0 Å². The number of hydrogen-bond acceptors (Lipinski definition) is 2. The van der Waals surface area contributed by atoms with Crippen LogP contribution < -0.4 is 4.74 Å². The minimum absolute atomic E-state index is 0.233. The van der Waals surface area contributed by atoms with Crippen molar-refractivity contribution in [1.82, 2.24) is 0 Å². The highest BCUT2D eigenvalue weighted by Gasteiger charge is 2.09. The van der Waals surface area contributed by atoms with Gasteiger partial charge in [-0.1, -0.05) is 50.0 Å². The molecule has 2 rings (SSSR count). The van der Waals surface area contributed by atoms with Crippen molar-refractivity contribution in [3.63, 3.8) is 0 Å². The Hall–Kier alpha value is -2.00. The van der Waals surface area contributed by atoms with Gasteiger partial charge in [-0.15, -0.1) is 0 Å². The molecule has 2 nitrogen and oxygen atoms in total. The number of phenolic OH excluding ortho intramolecular Hbond substituents is 1. The van der Waals surface area contributed by atoms with Gasteiger partial charge >= 0.3 is 0 Å². The minimum atomic E-state index is -0.801. The van der Waals surface area contributed by atoms with E-state index in [1.807, 2.05) is 36.4 Å². The summed E-state index contributed by atoms with van der Waals surface area (Å²) < 4.78 is 5.87. The van der Waals surface area contributed by atoms with Gasteiger partial charge in [0.15, 0.2) is 0 Å². The third-order valence-corrected chi connectivity index (χ3v) is 3.83. The zero-order valence-electron chi connectivity index (χ0n) is 12.0. The lowest BCUT2D eigenvalue weighted by Crippen LogP contribution is -2.14. The first kappa shape index (κ1) is 14.4. The molecule has 0 amide bonds. The lowest BCUT2D eigenvalue weighted by molar-refractivity contribution is 0.379. The van der Waals surface area contributed by atoms with Crippen LogP contribution in [0.2, 0.25) is 13.1 Å². The second-order valence-corrected chi connectivity index (χ2v) is 8.33. The summed E-state index contributed by atoms with van der Waals surface area (Å²) >= 11 is 0. The fraction of sp³-hybridized carbons (Fsp3) is 0.176. The van der Waals surface area contributed by atoms with E-state index in [0.717, 1.165) is 28.7 Å². The number of ether oxygens (including phenoxy) is 1. The molecule has 0 saturated heterocycles. The molecule has 0 aromatic heterocycles. The van der Waals surface area contributed by atoms with E-state index >= 15 is 0 Å². The Morgan fingerprint density at radius 1 is 1.15 bits per heavy atom. The van der Waals surface area contributed by atoms with Crippen LogP contribution in [0.3, 0.4) is 0 Å². The molecule has 0 bridgehead atoms. The lowest BCUT2D eigenvalue weighted by Gasteiger charge is -2.13. The molecule has 104 valence electrons. The van der Waals surface area contributed by atoms with E-state index in [9.17, 15) is 5.11 Å². The summed E-state index contributed by atoms with van der Waals surface area (Å²) in [6, 6.07) is 13.4. The highest BCUT2D eigenvalue weighted by molar-refractivity contribution is 6.55. The minimum Gasteiger partial charge on any atom is -0.508 e. The lowest BCUT2D eigenvalue weighted by atomic mass is 10.0. The van der Waals surface area contributed by atoms with E-state index in [0.29, 0.717) is 0 Å². The maximum Gasteiger partial charge on any atom is 0.130 e. The standard InChI is InChI=1S/C17H20O2Si/c1-4-13-5-7-14(8-6-13)16-10-9-15(18)11-17(16)19-12-20(2)3/h4-11,18,20H,1,12H2,2-3H3. The maximum atomic E-state index is 9.65. The van der Waals surface area contributed by atoms with Crippen molar-refractivity contribution < 1.29 is 9.84 Å². The van der Waals surface area contributed by atoms with Gasteiger partial charge in [-0.3, -0.25) is 0 Å². The average molecular weight is 284 g/mol. The Morgan fingerprint density at radius 2 is 1.85 bits per heavy atom. The van der Waals surface area contributed by atoms with Gasteiger partial charge in [0.25, 0.3) is 0 Å². The molecule has 0 heterocycles. The molecule has 2 aromatic rings. The number of benzene rings is 2. The zero-order chi connectivity index (χ0) is 14.5. The molecule has 0 aliphatic heterocycles. The number of rotatable bonds is 5. The first-order chi connectivity index (χ1) is 9.60. The summed E-state index contributed by atoms with van der Waals surface area (Å²) in [5.41, 5.74) is 3.17. The maximum absolute atomic E-state index is 9.65. The average Bonchev–Trinajstić information content (AvgIpc) is 2.45. The van der Waals surface area contributed by atoms with E-state index in [4.69, 9.17) is 4.74 Å². The SMILES string of the molecule is C=Cc1ccc(-c2ccc(O)cc2OC[SiH](C)C)cc1. The van der Waals surface area contributed by atoms with Crippen molar-refractivity contribution in [3.8, 4) is 22.6 Å². The van der Waals surface area contributed by atoms with Crippen LogP contribution in [0.5, 0.6) is 11.5 Å². The van der Waals surface area contributed by atoms with Gasteiger partial charge in [0, 0.05) is 11.6 Å². The van der Waals surface area contributed by atoms with Gasteiger partial charge < -0.3 is 9.84 Å². The third-order valence-electron chi connectivity index (χ3n) is 2.99. The Balaban J connectivity index is 2.35. The fourth-order valence-electron chi connectivity index (χ4n) is 1.92. The van der Waals surface area contributed by atoms with E-state index in [2.05, 4.69) is 19.7 Å². The van der Waals surface area contributed by atoms with E-state index in [1.54, 1.807) is 12.1 Å². The van der Waals surface area contributed by atoms with Gasteiger partial charge in [0.1, 0.15) is 11.5 Å². The van der Waals surface area contributed by atoms with Crippen molar-refractivity contribution in [2.75, 3.05) is 6.23 Å². The van der Waals surface area contributed by atoms with Crippen molar-refractivity contribution in [1.29, 1.82) is 0 Å². The highest BCUT2D eigenvalue weighted by Crippen LogP contribution is 2.33. The molecule has 0 unspecified atom stereocenters. The van der Waals surface area contributed by atoms with Gasteiger partial charge in [0.2, 0.25) is 0 Å². The monoisotopic (exact) mass is 284 g/mol. The summed E-state index contributed by atoms with van der Waals surface area (Å²) in [7, 11) is -0.801. The van der Waals surface area contributed by atoms with Crippen molar-refractivity contribution in [2.24, 2.45) is 0 Å². The summed E-state index contributed by atoms with van der Waals surface area (Å²) in [6.07, 6.45) is 2.59. The van der Waals surface area contributed by atoms with Crippen LogP contribution in [0.4, 0.5) is 0 Å². The van der Waals surface area contributed by atoms with Crippen LogP contribution in [0.1, 0.15) is 5.56 Å². The van der Waals surface area contributed by atoms with Crippen LogP contribution in [0.15, 0.2) is 49.0 Å². The molecule has 2 aromatic carbocycles. The summed E-state index contributed by atoms with van der Waals surface area (Å²) in [4.78, 5) is 0. The Kier molecular flexibility index (Phi) is 4.64. The third kappa shape index (κ3) is 3.51. The summed E-state index contributed by atoms with van der Waals surface area (Å²) in [6.45, 7) is 8.23. The molecule has 3 heteroatoms. The smallest absolute Gasteiger partial charge is 0.130 e. The van der Waals surface area contributed by atoms with Gasteiger partial charge in [-0.2, -0.15) is 0 Å². The van der Waals surface area contributed by atoms with Crippen LogP contribution in [0.25, 0.3) is 17.2 Å². The molecule has 0 spiro atoms. The first-order valence-corrected chi connectivity index (χ1v) is 9.91. The van der Waals surface area contributed by atoms with Gasteiger partial charge in [0.05, 0.1) is 15.0 Å². The van der Waals surface area contributed by atoms with E-state index in [-0.39, 0.29) is 5.75 Å². The molecule has 0 aliphatic carbocycles. The molecule has 0 aliphatic rings. The predicted octanol–water partition coefficient (Wildman–Crippen LogP) is 4.11. The van der Waals surface area contributed by atoms with Crippen LogP contribution in [0, 0.1) is 0 Å². The zero-order valence-corrected chi connectivity index (χ0v) is 13.1. The van der Waals surface area contributed by atoms with Crippen LogP contribution >= 0.6 is 0 Å². The Bertz CT molecular complexity index is 588. The quantitative estimate of drug-likeness (QED) is 0.837. The first-order valence-electron chi connectivity index (χ1n) is 6.79. The molecular weight excluding hydrogens is 264 g/mol. The number of aromatic hydroxyl groups is 1. The molecule has 20 heavy (non-hydrogen) atoms. The largest absolute Gasteiger partial charge is 0.508 e. The van der Waals surface area contributed by atoms with Crippen molar-refractivity contribution in [2.45, 2.75) is 13.1 Å². The Morgan fingerprint density at radius 3 is 2.45 bits per heavy atom. The molecule has 0 fully saturated rings. The molecule has 0 atom stereocenters. The molecule has 0 saturated carbocycles. The van der Waals surface area contributed by atoms with Crippen molar-refractivity contribution >= 4 is 14.9 Å². The fourth-order valence-corrected chi connectivity index (χ4v) is 2.44. The molecule has 0 radical (unpaired) electrons. The predicted molar refractivity (Wildman–Crippen MR) is 88.0 cm³/mol. The van der Waals surface area contributed by atoms with Crippen LogP contribution in [-0.4, -0.2) is 20.1 Å².